The summed E-state index contributed by atoms with van der Waals surface area (Å²) in [5.41, 5.74) is 0. The molecule has 2 aliphatic heterocycles. The number of rotatable bonds is 0. The third-order valence-corrected chi connectivity index (χ3v) is 2.45. The maximum Gasteiger partial charge on any atom is 0.225 e. The topological polar surface area (TPSA) is 40.5 Å². The second-order valence-corrected chi connectivity index (χ2v) is 3.07. The summed E-state index contributed by atoms with van der Waals surface area (Å²) in [7, 11) is 0. The van der Waals surface area contributed by atoms with Gasteiger partial charge in [-0.15, -0.1) is 0 Å². The molecule has 56 valence electrons. The fourth-order valence-corrected chi connectivity index (χ4v) is 1.93. The van der Waals surface area contributed by atoms with Gasteiger partial charge in [-0.2, -0.15) is 0 Å². The van der Waals surface area contributed by atoms with Crippen LogP contribution in [0.2, 0.25) is 0 Å². The van der Waals surface area contributed by atoms with Gasteiger partial charge in [-0.25, -0.2) is 0 Å². The Balaban J connectivity index is 2.19. The van der Waals surface area contributed by atoms with Gasteiger partial charge in [0, 0.05) is 6.54 Å². The van der Waals surface area contributed by atoms with Crippen LogP contribution >= 0.6 is 0 Å². The first-order chi connectivity index (χ1) is 4.79. The van der Waals surface area contributed by atoms with Crippen LogP contribution in [0.25, 0.3) is 0 Å². The zero-order valence-corrected chi connectivity index (χ0v) is 5.79. The molecule has 0 radical (unpaired) electrons. The molecule has 3 heteroatoms. The Hall–Kier alpha value is -0.570. The highest BCUT2D eigenvalue weighted by Crippen LogP contribution is 2.28. The van der Waals surface area contributed by atoms with Gasteiger partial charge >= 0.3 is 0 Å². The van der Waals surface area contributed by atoms with E-state index < -0.39 is 0 Å². The lowest BCUT2D eigenvalue weighted by molar-refractivity contribution is -0.127. The van der Waals surface area contributed by atoms with Gasteiger partial charge < -0.3 is 10.0 Å². The molecule has 10 heavy (non-hydrogen) atoms. The van der Waals surface area contributed by atoms with Crippen LogP contribution in [0.3, 0.4) is 0 Å². The van der Waals surface area contributed by atoms with Crippen LogP contribution in [0.15, 0.2) is 0 Å². The van der Waals surface area contributed by atoms with Crippen LogP contribution in [0.4, 0.5) is 0 Å². The smallest absolute Gasteiger partial charge is 0.225 e. The highest BCUT2D eigenvalue weighted by molar-refractivity contribution is 5.80. The zero-order chi connectivity index (χ0) is 7.14. The van der Waals surface area contributed by atoms with E-state index in [1.807, 2.05) is 4.90 Å². The molecular weight excluding hydrogens is 130 g/mol. The minimum absolute atomic E-state index is 0.134. The minimum Gasteiger partial charge on any atom is -0.390 e. The molecule has 0 bridgehead atoms. The Bertz CT molecular complexity index is 169. The van der Waals surface area contributed by atoms with E-state index in [1.54, 1.807) is 0 Å². The van der Waals surface area contributed by atoms with Crippen LogP contribution in [0.5, 0.6) is 0 Å². The number of carbonyl (C=O) groups excluding carboxylic acids is 1. The lowest BCUT2D eigenvalue weighted by Crippen LogP contribution is -2.30. The van der Waals surface area contributed by atoms with Gasteiger partial charge in [-0.1, -0.05) is 0 Å². The van der Waals surface area contributed by atoms with Crippen molar-refractivity contribution in [1.82, 2.24) is 4.90 Å². The molecule has 2 atom stereocenters. The van der Waals surface area contributed by atoms with Crippen molar-refractivity contribution in [3.05, 3.63) is 0 Å². The molecular formula is C7H11NO2. The number of hydrogen-bond acceptors (Lipinski definition) is 2. The maximum atomic E-state index is 11.0. The molecule has 1 unspecified atom stereocenters. The molecule has 1 amide bonds. The minimum atomic E-state index is -0.380. The monoisotopic (exact) mass is 141 g/mol. The Morgan fingerprint density at radius 1 is 1.60 bits per heavy atom. The summed E-state index contributed by atoms with van der Waals surface area (Å²) >= 11 is 0. The van der Waals surface area contributed by atoms with Crippen molar-refractivity contribution in [3.8, 4) is 0 Å². The lowest BCUT2D eigenvalue weighted by atomic mass is 10.1. The Labute approximate surface area is 59.6 Å². The molecule has 3 nitrogen and oxygen atoms in total. The first kappa shape index (κ1) is 6.16. The van der Waals surface area contributed by atoms with Gasteiger partial charge in [0.15, 0.2) is 0 Å². The first-order valence-corrected chi connectivity index (χ1v) is 3.76. The third kappa shape index (κ3) is 0.669. The molecule has 2 rings (SSSR count). The van der Waals surface area contributed by atoms with Gasteiger partial charge in [0.05, 0.1) is 18.6 Å². The molecule has 0 saturated carbocycles. The van der Waals surface area contributed by atoms with Crippen molar-refractivity contribution in [2.45, 2.75) is 31.4 Å². The van der Waals surface area contributed by atoms with Gasteiger partial charge in [-0.3, -0.25) is 4.79 Å². The van der Waals surface area contributed by atoms with Crippen LogP contribution in [-0.2, 0) is 4.79 Å². The van der Waals surface area contributed by atoms with Crippen molar-refractivity contribution < 1.29 is 9.90 Å². The summed E-state index contributed by atoms with van der Waals surface area (Å²) in [5.74, 6) is 0.134. The van der Waals surface area contributed by atoms with Gasteiger partial charge in [0.25, 0.3) is 0 Å². The largest absolute Gasteiger partial charge is 0.390 e. The Morgan fingerprint density at radius 2 is 2.40 bits per heavy atom. The molecule has 2 aliphatic rings. The average molecular weight is 141 g/mol. The maximum absolute atomic E-state index is 11.0. The fourth-order valence-electron chi connectivity index (χ4n) is 1.93. The van der Waals surface area contributed by atoms with E-state index >= 15 is 0 Å². The summed E-state index contributed by atoms with van der Waals surface area (Å²) in [4.78, 5) is 12.8. The summed E-state index contributed by atoms with van der Waals surface area (Å²) < 4.78 is 0. The van der Waals surface area contributed by atoms with Crippen molar-refractivity contribution >= 4 is 5.91 Å². The Morgan fingerprint density at radius 3 is 3.10 bits per heavy atom. The molecule has 2 saturated heterocycles. The molecule has 0 aliphatic carbocycles. The van der Waals surface area contributed by atoms with Crippen molar-refractivity contribution in [3.63, 3.8) is 0 Å². The SMILES string of the molecule is O=C1C[C@@H](O)C2CCCN12. The van der Waals surface area contributed by atoms with E-state index in [1.165, 1.54) is 0 Å². The quantitative estimate of drug-likeness (QED) is 0.505. The lowest BCUT2D eigenvalue weighted by Gasteiger charge is -2.15. The first-order valence-electron chi connectivity index (χ1n) is 3.76. The second kappa shape index (κ2) is 1.95. The highest BCUT2D eigenvalue weighted by Gasteiger charge is 2.41. The van der Waals surface area contributed by atoms with Crippen molar-refractivity contribution in [1.29, 1.82) is 0 Å². The predicted molar refractivity (Wildman–Crippen MR) is 35.4 cm³/mol. The summed E-state index contributed by atoms with van der Waals surface area (Å²) in [6.07, 6.45) is 2.03. The summed E-state index contributed by atoms with van der Waals surface area (Å²) in [6, 6.07) is 0.160. The van der Waals surface area contributed by atoms with Gasteiger partial charge in [0.1, 0.15) is 0 Å². The molecule has 2 fully saturated rings. The second-order valence-electron chi connectivity index (χ2n) is 3.07. The zero-order valence-electron chi connectivity index (χ0n) is 5.79. The van der Waals surface area contributed by atoms with E-state index in [0.29, 0.717) is 6.42 Å². The molecule has 1 N–H and O–H groups in total. The van der Waals surface area contributed by atoms with Crippen molar-refractivity contribution in [2.75, 3.05) is 6.54 Å². The summed E-state index contributed by atoms with van der Waals surface area (Å²) in [6.45, 7) is 0.862. The number of hydrogen-bond donors (Lipinski definition) is 1. The van der Waals surface area contributed by atoms with Crippen LogP contribution < -0.4 is 0 Å². The number of nitrogens with zero attached hydrogens (tertiary/aromatic N) is 1. The van der Waals surface area contributed by atoms with Gasteiger partial charge in [-0.05, 0) is 12.8 Å². The predicted octanol–water partition coefficient (Wildman–Crippen LogP) is -0.258. The molecule has 2 heterocycles. The van der Waals surface area contributed by atoms with E-state index in [0.717, 1.165) is 19.4 Å². The van der Waals surface area contributed by atoms with E-state index in [9.17, 15) is 9.90 Å². The molecule has 0 aromatic carbocycles. The number of aliphatic hydroxyl groups is 1. The van der Waals surface area contributed by atoms with Crippen LogP contribution in [0, 0.1) is 0 Å². The van der Waals surface area contributed by atoms with E-state index in [-0.39, 0.29) is 18.1 Å². The molecule has 0 aromatic rings. The molecule has 0 spiro atoms. The number of amides is 1. The van der Waals surface area contributed by atoms with E-state index in [4.69, 9.17) is 0 Å². The fraction of sp³-hybridized carbons (Fsp3) is 0.857. The highest BCUT2D eigenvalue weighted by atomic mass is 16.3. The van der Waals surface area contributed by atoms with Gasteiger partial charge in [0.2, 0.25) is 5.91 Å². The Kier molecular flexibility index (Phi) is 1.20. The summed E-state index contributed by atoms with van der Waals surface area (Å²) in [5, 5.41) is 9.31. The normalized spacial score (nSPS) is 38.9. The number of carbonyl (C=O) groups is 1. The third-order valence-electron chi connectivity index (χ3n) is 2.45. The molecule has 0 aromatic heterocycles. The van der Waals surface area contributed by atoms with Crippen LogP contribution in [0.1, 0.15) is 19.3 Å². The average Bonchev–Trinajstić information content (AvgIpc) is 2.39. The number of fused-ring (bicyclic) bond motifs is 1. The van der Waals surface area contributed by atoms with E-state index in [2.05, 4.69) is 0 Å². The number of aliphatic hydroxyl groups excluding tert-OH is 1. The van der Waals surface area contributed by atoms with Crippen molar-refractivity contribution in [2.24, 2.45) is 0 Å². The standard InChI is InChI=1S/C7H11NO2/c9-6-4-7(10)8-3-1-2-5(6)8/h5-6,9H,1-4H2/t5?,6-/m1/s1. The van der Waals surface area contributed by atoms with Crippen LogP contribution in [-0.4, -0.2) is 34.6 Å².